The van der Waals surface area contributed by atoms with Crippen molar-refractivity contribution in [2.75, 3.05) is 14.2 Å². The molecule has 0 fully saturated rings. The zero-order valence-electron chi connectivity index (χ0n) is 16.7. The molecule has 2 aromatic rings. The van der Waals surface area contributed by atoms with Crippen LogP contribution in [0.25, 0.3) is 0 Å². The minimum Gasteiger partial charge on any atom is -0.718 e. The maximum absolute atomic E-state index is 11.5. The number of hydrogen-bond donors (Lipinski definition) is 0. The predicted molar refractivity (Wildman–Crippen MR) is 104 cm³/mol. The van der Waals surface area contributed by atoms with Crippen molar-refractivity contribution in [1.29, 1.82) is 0 Å². The summed E-state index contributed by atoms with van der Waals surface area (Å²) < 4.78 is 8.93. The van der Waals surface area contributed by atoms with Gasteiger partial charge in [0.15, 0.2) is 0 Å². The van der Waals surface area contributed by atoms with Crippen LogP contribution in [-0.2, 0) is 36.1 Å². The molecular formula is C22H26FeO6-6. The third-order valence-electron chi connectivity index (χ3n) is 4.02. The van der Waals surface area contributed by atoms with Crippen LogP contribution < -0.4 is 0 Å². The van der Waals surface area contributed by atoms with Gasteiger partial charge in [0.25, 0.3) is 0 Å². The molecule has 0 N–H and O–H groups in total. The molecule has 0 heterocycles. The second-order valence-corrected chi connectivity index (χ2v) is 6.05. The topological polar surface area (TPSA) is 86.7 Å². The number of carbonyl (C=O) groups is 4. The van der Waals surface area contributed by atoms with Crippen LogP contribution in [0.3, 0.4) is 0 Å². The van der Waals surface area contributed by atoms with Gasteiger partial charge in [0, 0.05) is 29.9 Å². The zero-order valence-corrected chi connectivity index (χ0v) is 17.8. The van der Waals surface area contributed by atoms with E-state index in [2.05, 4.69) is 9.47 Å². The van der Waals surface area contributed by atoms with E-state index in [1.54, 1.807) is 24.3 Å². The summed E-state index contributed by atoms with van der Waals surface area (Å²) in [6, 6.07) is 14.4. The SMILES string of the molecule is COC(=O)CCC(=O)[c-]1[cH-][cH-][cH-][cH-]1.COC(=O)CCCCC(=O)[c-]1cccc1.[Fe]. The molecule has 0 unspecified atom stereocenters. The Morgan fingerprint density at radius 2 is 1.28 bits per heavy atom. The Hall–Kier alpha value is -2.50. The molecule has 0 spiro atoms. The van der Waals surface area contributed by atoms with Crippen LogP contribution >= 0.6 is 0 Å². The number of carbonyl (C=O) groups excluding carboxylic acids is 4. The number of ketones is 2. The van der Waals surface area contributed by atoms with Gasteiger partial charge in [-0.2, -0.15) is 12.1 Å². The van der Waals surface area contributed by atoms with Crippen LogP contribution in [0.2, 0.25) is 0 Å². The van der Waals surface area contributed by atoms with E-state index >= 15 is 0 Å². The van der Waals surface area contributed by atoms with Crippen LogP contribution in [0.4, 0.5) is 0 Å². The van der Waals surface area contributed by atoms with Crippen LogP contribution in [0, 0.1) is 0 Å². The fourth-order valence-corrected chi connectivity index (χ4v) is 2.38. The predicted octanol–water partition coefficient (Wildman–Crippen LogP) is 3.86. The van der Waals surface area contributed by atoms with E-state index in [4.69, 9.17) is 0 Å². The average Bonchev–Trinajstić information content (AvgIpc) is 3.43. The monoisotopic (exact) mass is 442 g/mol. The number of unbranched alkanes of at least 4 members (excludes halogenated alkanes) is 1. The Morgan fingerprint density at radius 1 is 0.759 bits per heavy atom. The third kappa shape index (κ3) is 11.2. The molecule has 29 heavy (non-hydrogen) atoms. The van der Waals surface area contributed by atoms with E-state index in [0.717, 1.165) is 12.0 Å². The van der Waals surface area contributed by atoms with E-state index < -0.39 is 0 Å². The molecule has 0 aliphatic heterocycles. The molecule has 0 atom stereocenters. The van der Waals surface area contributed by atoms with Gasteiger partial charge in [0.05, 0.1) is 14.2 Å². The van der Waals surface area contributed by atoms with Crippen molar-refractivity contribution in [3.63, 3.8) is 0 Å². The minimum absolute atomic E-state index is 0. The largest absolute Gasteiger partial charge is 0.718 e. The first-order valence-corrected chi connectivity index (χ1v) is 9.11. The van der Waals surface area contributed by atoms with Crippen molar-refractivity contribution in [1.82, 2.24) is 0 Å². The number of rotatable bonds is 10. The van der Waals surface area contributed by atoms with Crippen molar-refractivity contribution in [2.45, 2.75) is 38.5 Å². The van der Waals surface area contributed by atoms with Gasteiger partial charge in [-0.05, 0) is 19.3 Å². The molecule has 0 saturated carbocycles. The molecule has 0 aromatic heterocycles. The smallest absolute Gasteiger partial charge is 0.305 e. The summed E-state index contributed by atoms with van der Waals surface area (Å²) in [4.78, 5) is 44.3. The molecule has 7 heteroatoms. The quantitative estimate of drug-likeness (QED) is 0.183. The van der Waals surface area contributed by atoms with E-state index in [0.29, 0.717) is 24.8 Å². The van der Waals surface area contributed by atoms with Gasteiger partial charge in [-0.15, -0.1) is 6.42 Å². The molecule has 0 saturated heterocycles. The second-order valence-electron chi connectivity index (χ2n) is 6.05. The van der Waals surface area contributed by atoms with Gasteiger partial charge in [-0.25, -0.2) is 12.1 Å². The fraction of sp³-hybridized carbons (Fsp3) is 0.364. The van der Waals surface area contributed by atoms with Gasteiger partial charge in [-0.1, -0.05) is 5.56 Å². The second kappa shape index (κ2) is 15.4. The van der Waals surface area contributed by atoms with E-state index in [1.165, 1.54) is 14.2 Å². The first kappa shape index (κ1) is 26.5. The zero-order chi connectivity index (χ0) is 20.8. The Kier molecular flexibility index (Phi) is 14.1. The van der Waals surface area contributed by atoms with Crippen molar-refractivity contribution < 1.29 is 45.7 Å². The summed E-state index contributed by atoms with van der Waals surface area (Å²) in [6.45, 7) is 0. The molecule has 0 aliphatic rings. The first-order valence-electron chi connectivity index (χ1n) is 9.11. The van der Waals surface area contributed by atoms with Gasteiger partial charge < -0.3 is 48.9 Å². The van der Waals surface area contributed by atoms with Crippen molar-refractivity contribution in [3.05, 3.63) is 59.7 Å². The Labute approximate surface area is 181 Å². The van der Waals surface area contributed by atoms with E-state index in [-0.39, 0.29) is 53.4 Å². The molecule has 0 aliphatic carbocycles. The van der Waals surface area contributed by atoms with E-state index in [9.17, 15) is 19.2 Å². The summed E-state index contributed by atoms with van der Waals surface area (Å²) in [5, 5.41) is 0. The van der Waals surface area contributed by atoms with Crippen LogP contribution in [0.1, 0.15) is 59.2 Å². The van der Waals surface area contributed by atoms with Crippen molar-refractivity contribution in [2.24, 2.45) is 0 Å². The standard InChI is InChI=1S/C12H15O3.C10H11O3.Fe/c1-15-12(14)9-5-4-8-11(13)10-6-2-3-7-10;1-13-10(12)7-6-9(11)8-4-2-3-5-8;/h2-3,6-7H,4-5,8-9H2,1H3;2-5H,6-7H2,1H3;/q-1;-5;. The van der Waals surface area contributed by atoms with Crippen molar-refractivity contribution >= 4 is 23.5 Å². The Balaban J connectivity index is 0.000000527. The van der Waals surface area contributed by atoms with E-state index in [1.807, 2.05) is 24.3 Å². The molecule has 6 nitrogen and oxygen atoms in total. The third-order valence-corrected chi connectivity index (χ3v) is 4.02. The van der Waals surface area contributed by atoms with Gasteiger partial charge in [0.1, 0.15) is 5.78 Å². The number of hydrogen-bond acceptors (Lipinski definition) is 6. The molecule has 2 rings (SSSR count). The maximum Gasteiger partial charge on any atom is 0.305 e. The minimum atomic E-state index is -0.347. The normalized spacial score (nSPS) is 9.45. The molecular weight excluding hydrogens is 416 g/mol. The molecule has 2 aromatic carbocycles. The van der Waals surface area contributed by atoms with Crippen LogP contribution in [0.15, 0.2) is 48.5 Å². The maximum atomic E-state index is 11.5. The molecule has 0 bridgehead atoms. The molecule has 0 radical (unpaired) electrons. The number of esters is 2. The van der Waals surface area contributed by atoms with Crippen LogP contribution in [0.5, 0.6) is 0 Å². The first-order chi connectivity index (χ1) is 13.5. The summed E-state index contributed by atoms with van der Waals surface area (Å²) in [5.74, 6) is -0.434. The summed E-state index contributed by atoms with van der Waals surface area (Å²) in [6.07, 6.45) is 2.71. The molecule has 0 amide bonds. The van der Waals surface area contributed by atoms with Crippen LogP contribution in [-0.4, -0.2) is 37.7 Å². The van der Waals surface area contributed by atoms with Gasteiger partial charge in [-0.3, -0.25) is 15.4 Å². The van der Waals surface area contributed by atoms with Crippen molar-refractivity contribution in [3.8, 4) is 0 Å². The number of Topliss-reactive ketones (excluding diaryl/α,β-unsaturated/α-hetero) is 2. The van der Waals surface area contributed by atoms with Gasteiger partial charge in [0.2, 0.25) is 0 Å². The van der Waals surface area contributed by atoms with Gasteiger partial charge >= 0.3 is 11.9 Å². The fourth-order valence-electron chi connectivity index (χ4n) is 2.38. The number of ether oxygens (including phenoxy) is 2. The summed E-state index contributed by atoms with van der Waals surface area (Å²) in [5.41, 5.74) is 1.41. The summed E-state index contributed by atoms with van der Waals surface area (Å²) in [7, 11) is 2.69. The Bertz CT molecular complexity index is 731. The number of methoxy groups -OCH3 is 2. The average molecular weight is 442 g/mol. The molecule has 164 valence electrons. The Morgan fingerprint density at radius 3 is 1.83 bits per heavy atom. The summed E-state index contributed by atoms with van der Waals surface area (Å²) >= 11 is 0.